The van der Waals surface area contributed by atoms with E-state index in [1.165, 1.54) is 19.1 Å². The number of nitro groups is 1. The van der Waals surface area contributed by atoms with Crippen molar-refractivity contribution < 1.29 is 9.72 Å². The zero-order valence-corrected chi connectivity index (χ0v) is 15.7. The molecule has 0 aliphatic carbocycles. The Kier molecular flexibility index (Phi) is 4.78. The lowest BCUT2D eigenvalue weighted by atomic mass is 10.1. The van der Waals surface area contributed by atoms with Crippen molar-refractivity contribution in [1.29, 1.82) is 0 Å². The molecule has 1 aliphatic rings. The van der Waals surface area contributed by atoms with Crippen LogP contribution in [0.1, 0.15) is 18.7 Å². The van der Waals surface area contributed by atoms with Crippen LogP contribution in [0.25, 0.3) is 0 Å². The number of hydrogen-bond donors (Lipinski definition) is 0. The third-order valence-corrected chi connectivity index (χ3v) is 4.68. The molecule has 144 valence electrons. The van der Waals surface area contributed by atoms with Gasteiger partial charge in [0.2, 0.25) is 0 Å². The van der Waals surface area contributed by atoms with Gasteiger partial charge in [-0.1, -0.05) is 48.5 Å². The highest BCUT2D eigenvalue weighted by Crippen LogP contribution is 2.39. The number of carbonyl (C=O) groups excluding carboxylic acids is 1. The van der Waals surface area contributed by atoms with Crippen LogP contribution in [0.4, 0.5) is 17.1 Å². The van der Waals surface area contributed by atoms with E-state index in [-0.39, 0.29) is 11.5 Å². The fourth-order valence-electron chi connectivity index (χ4n) is 3.36. The molecule has 0 radical (unpaired) electrons. The first-order valence-electron chi connectivity index (χ1n) is 9.09. The molecule has 1 atom stereocenters. The highest BCUT2D eigenvalue weighted by Gasteiger charge is 2.39. The van der Waals surface area contributed by atoms with E-state index in [1.54, 1.807) is 17.1 Å². The van der Waals surface area contributed by atoms with Crippen molar-refractivity contribution in [3.05, 3.63) is 101 Å². The lowest BCUT2D eigenvalue weighted by Gasteiger charge is -2.32. The van der Waals surface area contributed by atoms with Crippen LogP contribution in [0.2, 0.25) is 0 Å². The van der Waals surface area contributed by atoms with E-state index < -0.39 is 11.1 Å². The largest absolute Gasteiger partial charge is 0.295 e. The number of para-hydroxylation sites is 1. The molecular formula is C22H18N4O3. The molecule has 0 aromatic heterocycles. The van der Waals surface area contributed by atoms with Crippen molar-refractivity contribution in [3.8, 4) is 0 Å². The summed E-state index contributed by atoms with van der Waals surface area (Å²) >= 11 is 0. The molecule has 7 heteroatoms. The smallest absolute Gasteiger partial charge is 0.269 e. The van der Waals surface area contributed by atoms with Crippen LogP contribution in [0.5, 0.6) is 0 Å². The Morgan fingerprint density at radius 2 is 1.48 bits per heavy atom. The van der Waals surface area contributed by atoms with Gasteiger partial charge < -0.3 is 0 Å². The molecule has 1 heterocycles. The van der Waals surface area contributed by atoms with E-state index in [0.717, 1.165) is 11.3 Å². The Bertz CT molecular complexity index is 1070. The Morgan fingerprint density at radius 3 is 2.03 bits per heavy atom. The zero-order valence-electron chi connectivity index (χ0n) is 15.7. The van der Waals surface area contributed by atoms with E-state index in [2.05, 4.69) is 5.10 Å². The minimum atomic E-state index is -0.441. The van der Waals surface area contributed by atoms with Gasteiger partial charge in [0, 0.05) is 24.7 Å². The third-order valence-electron chi connectivity index (χ3n) is 4.68. The van der Waals surface area contributed by atoms with Gasteiger partial charge in [-0.05, 0) is 29.8 Å². The Labute approximate surface area is 167 Å². The van der Waals surface area contributed by atoms with Crippen molar-refractivity contribution in [3.63, 3.8) is 0 Å². The molecule has 0 N–H and O–H groups in total. The summed E-state index contributed by atoms with van der Waals surface area (Å²) in [6, 6.07) is 25.5. The molecule has 0 saturated carbocycles. The second kappa shape index (κ2) is 7.55. The highest BCUT2D eigenvalue weighted by atomic mass is 16.6. The summed E-state index contributed by atoms with van der Waals surface area (Å²) in [5.74, 6) is 0.141. The normalized spacial score (nSPS) is 15.9. The first-order valence-corrected chi connectivity index (χ1v) is 9.09. The number of anilines is 2. The summed E-state index contributed by atoms with van der Waals surface area (Å²) in [7, 11) is 0. The number of nitrogens with zero attached hydrogens (tertiary/aromatic N) is 4. The van der Waals surface area contributed by atoms with Gasteiger partial charge in [0.15, 0.2) is 17.8 Å². The summed E-state index contributed by atoms with van der Waals surface area (Å²) in [5, 5.41) is 17.3. The standard InChI is InChI=1S/C22H18N4O3/c1-16(27)21-23-25(19-12-14-20(15-13-19)26(28)29)22(17-8-4-2-5-9-17)24(21)18-10-6-3-7-11-18/h2-15,22H,1H3. The van der Waals surface area contributed by atoms with Crippen LogP contribution in [-0.4, -0.2) is 16.5 Å². The van der Waals surface area contributed by atoms with Gasteiger partial charge in [-0.15, -0.1) is 5.10 Å². The van der Waals surface area contributed by atoms with Crippen LogP contribution >= 0.6 is 0 Å². The Morgan fingerprint density at radius 1 is 0.897 bits per heavy atom. The van der Waals surface area contributed by atoms with Gasteiger partial charge in [0.1, 0.15) is 0 Å². The number of amidine groups is 1. The number of hydrogen-bond acceptors (Lipinski definition) is 6. The maximum atomic E-state index is 12.4. The second-order valence-corrected chi connectivity index (χ2v) is 6.59. The van der Waals surface area contributed by atoms with Crippen molar-refractivity contribution in [2.24, 2.45) is 5.10 Å². The summed E-state index contributed by atoms with van der Waals surface area (Å²) < 4.78 is 0. The number of Topliss-reactive ketones (excluding diaryl/α,β-unsaturated/α-hetero) is 1. The molecule has 7 nitrogen and oxygen atoms in total. The van der Waals surface area contributed by atoms with Gasteiger partial charge in [0.05, 0.1) is 10.6 Å². The van der Waals surface area contributed by atoms with E-state index in [1.807, 2.05) is 65.6 Å². The van der Waals surface area contributed by atoms with Crippen molar-refractivity contribution >= 4 is 28.7 Å². The zero-order chi connectivity index (χ0) is 20.4. The van der Waals surface area contributed by atoms with Gasteiger partial charge in [-0.2, -0.15) is 0 Å². The molecule has 3 aromatic rings. The molecule has 0 spiro atoms. The number of ketones is 1. The molecule has 0 fully saturated rings. The average molecular weight is 386 g/mol. The monoisotopic (exact) mass is 386 g/mol. The molecule has 1 aliphatic heterocycles. The number of rotatable bonds is 5. The Hall–Kier alpha value is -4.00. The Balaban J connectivity index is 1.86. The van der Waals surface area contributed by atoms with Crippen molar-refractivity contribution in [2.75, 3.05) is 9.91 Å². The fourth-order valence-corrected chi connectivity index (χ4v) is 3.36. The number of benzene rings is 3. The number of hydrazone groups is 1. The maximum Gasteiger partial charge on any atom is 0.269 e. The van der Waals surface area contributed by atoms with Gasteiger partial charge in [0.25, 0.3) is 5.69 Å². The van der Waals surface area contributed by atoms with Crippen molar-refractivity contribution in [2.45, 2.75) is 13.1 Å². The van der Waals surface area contributed by atoms with Crippen LogP contribution in [-0.2, 0) is 4.79 Å². The molecule has 0 bridgehead atoms. The highest BCUT2D eigenvalue weighted by molar-refractivity contribution is 6.44. The predicted molar refractivity (Wildman–Crippen MR) is 112 cm³/mol. The average Bonchev–Trinajstić information content (AvgIpc) is 3.16. The van der Waals surface area contributed by atoms with E-state index in [4.69, 9.17) is 0 Å². The summed E-state index contributed by atoms with van der Waals surface area (Å²) in [6.45, 7) is 1.48. The number of nitro benzene ring substituents is 1. The minimum absolute atomic E-state index is 0.0000977. The summed E-state index contributed by atoms with van der Waals surface area (Å²) in [6.07, 6.45) is -0.404. The molecule has 0 amide bonds. The van der Waals surface area contributed by atoms with Crippen molar-refractivity contribution in [1.82, 2.24) is 0 Å². The SMILES string of the molecule is CC(=O)C1=NN(c2ccc([N+](=O)[O-])cc2)C(c2ccccc2)N1c1ccccc1. The first-order chi connectivity index (χ1) is 14.1. The van der Waals surface area contributed by atoms with E-state index in [0.29, 0.717) is 11.5 Å². The maximum absolute atomic E-state index is 12.4. The predicted octanol–water partition coefficient (Wildman–Crippen LogP) is 4.52. The molecular weight excluding hydrogens is 368 g/mol. The molecule has 0 saturated heterocycles. The molecule has 1 unspecified atom stereocenters. The lowest BCUT2D eigenvalue weighted by molar-refractivity contribution is -0.384. The topological polar surface area (TPSA) is 79.0 Å². The summed E-state index contributed by atoms with van der Waals surface area (Å²) in [5.41, 5.74) is 2.43. The molecule has 4 rings (SSSR count). The van der Waals surface area contributed by atoms with Gasteiger partial charge >= 0.3 is 0 Å². The van der Waals surface area contributed by atoms with Crippen LogP contribution < -0.4 is 9.91 Å². The van der Waals surface area contributed by atoms with E-state index in [9.17, 15) is 14.9 Å². The lowest BCUT2D eigenvalue weighted by Crippen LogP contribution is -2.37. The fraction of sp³-hybridized carbons (Fsp3) is 0.0909. The quantitative estimate of drug-likeness (QED) is 0.476. The van der Waals surface area contributed by atoms with Crippen LogP contribution in [0.3, 0.4) is 0 Å². The summed E-state index contributed by atoms with van der Waals surface area (Å²) in [4.78, 5) is 24.9. The second-order valence-electron chi connectivity index (χ2n) is 6.59. The number of non-ortho nitro benzene ring substituents is 1. The molecule has 29 heavy (non-hydrogen) atoms. The van der Waals surface area contributed by atoms with Gasteiger partial charge in [-0.3, -0.25) is 19.8 Å². The van der Waals surface area contributed by atoms with Gasteiger partial charge in [-0.25, -0.2) is 5.01 Å². The van der Waals surface area contributed by atoms with Crippen LogP contribution in [0.15, 0.2) is 90.0 Å². The van der Waals surface area contributed by atoms with Crippen LogP contribution in [0, 0.1) is 10.1 Å². The van der Waals surface area contributed by atoms with E-state index >= 15 is 0 Å². The first kappa shape index (κ1) is 18.4. The molecule has 3 aromatic carbocycles. The minimum Gasteiger partial charge on any atom is -0.295 e. The number of carbonyl (C=O) groups is 1. The third kappa shape index (κ3) is 3.45.